The van der Waals surface area contributed by atoms with Gasteiger partial charge in [-0.3, -0.25) is 4.99 Å². The van der Waals surface area contributed by atoms with Crippen LogP contribution in [0.4, 0.5) is 18.9 Å². The van der Waals surface area contributed by atoms with Crippen molar-refractivity contribution in [1.29, 1.82) is 0 Å². The predicted octanol–water partition coefficient (Wildman–Crippen LogP) is 5.04. The lowest BCUT2D eigenvalue weighted by molar-refractivity contribution is -0.137. The van der Waals surface area contributed by atoms with E-state index in [-0.39, 0.29) is 11.1 Å². The van der Waals surface area contributed by atoms with Gasteiger partial charge in [-0.05, 0) is 31.5 Å². The summed E-state index contributed by atoms with van der Waals surface area (Å²) in [6.45, 7) is 4.06. The second-order valence-electron chi connectivity index (χ2n) is 4.76. The van der Waals surface area contributed by atoms with Crippen molar-refractivity contribution >= 4 is 34.2 Å². The SMILES string of the molecule is CC1CC(C)SC(Nc2ccc(Cl)c(C(F)(F)F)c2)=N1. The van der Waals surface area contributed by atoms with Crippen LogP contribution in [-0.4, -0.2) is 16.5 Å². The van der Waals surface area contributed by atoms with Crippen molar-refractivity contribution in [2.75, 3.05) is 5.32 Å². The zero-order valence-electron chi connectivity index (χ0n) is 11.0. The third kappa shape index (κ3) is 3.82. The van der Waals surface area contributed by atoms with Gasteiger partial charge in [-0.2, -0.15) is 13.2 Å². The first-order valence-electron chi connectivity index (χ1n) is 6.14. The fourth-order valence-corrected chi connectivity index (χ4v) is 3.41. The molecule has 2 rings (SSSR count). The van der Waals surface area contributed by atoms with Gasteiger partial charge >= 0.3 is 6.18 Å². The Labute approximate surface area is 124 Å². The summed E-state index contributed by atoms with van der Waals surface area (Å²) in [7, 11) is 0. The summed E-state index contributed by atoms with van der Waals surface area (Å²) in [6.07, 6.45) is -3.50. The summed E-state index contributed by atoms with van der Waals surface area (Å²) in [5, 5.41) is 3.67. The van der Waals surface area contributed by atoms with E-state index in [1.54, 1.807) is 0 Å². The van der Waals surface area contributed by atoms with E-state index in [4.69, 9.17) is 11.6 Å². The van der Waals surface area contributed by atoms with Crippen LogP contribution in [0.2, 0.25) is 5.02 Å². The standard InChI is InChI=1S/C13H14ClF3N2S/c1-7-5-8(2)20-12(18-7)19-9-3-4-11(14)10(6-9)13(15,16)17/h3-4,6-8H,5H2,1-2H3,(H,18,19). The van der Waals surface area contributed by atoms with Crippen molar-refractivity contribution in [2.24, 2.45) is 4.99 Å². The second kappa shape index (κ2) is 5.85. The van der Waals surface area contributed by atoms with Gasteiger partial charge in [0.1, 0.15) is 0 Å². The molecule has 1 N–H and O–H groups in total. The Morgan fingerprint density at radius 3 is 2.65 bits per heavy atom. The molecule has 0 fully saturated rings. The van der Waals surface area contributed by atoms with Gasteiger partial charge in [0, 0.05) is 10.9 Å². The number of amidine groups is 1. The summed E-state index contributed by atoms with van der Waals surface area (Å²) in [4.78, 5) is 4.40. The molecule has 20 heavy (non-hydrogen) atoms. The van der Waals surface area contributed by atoms with Gasteiger partial charge < -0.3 is 5.32 Å². The minimum absolute atomic E-state index is 0.170. The highest BCUT2D eigenvalue weighted by molar-refractivity contribution is 8.14. The van der Waals surface area contributed by atoms with Gasteiger partial charge in [0.15, 0.2) is 5.17 Å². The molecular weight excluding hydrogens is 309 g/mol. The van der Waals surface area contributed by atoms with E-state index in [2.05, 4.69) is 17.2 Å². The molecule has 0 bridgehead atoms. The van der Waals surface area contributed by atoms with Gasteiger partial charge in [-0.1, -0.05) is 30.3 Å². The maximum Gasteiger partial charge on any atom is 0.417 e. The highest BCUT2D eigenvalue weighted by Gasteiger charge is 2.33. The fourth-order valence-electron chi connectivity index (χ4n) is 2.01. The third-order valence-corrected chi connectivity index (χ3v) is 4.20. The van der Waals surface area contributed by atoms with E-state index in [1.807, 2.05) is 6.92 Å². The average Bonchev–Trinajstić information content (AvgIpc) is 2.29. The number of nitrogens with one attached hydrogen (secondary N) is 1. The van der Waals surface area contributed by atoms with Crippen molar-refractivity contribution in [3.63, 3.8) is 0 Å². The minimum Gasteiger partial charge on any atom is -0.335 e. The highest BCUT2D eigenvalue weighted by atomic mass is 35.5. The average molecular weight is 323 g/mol. The Balaban J connectivity index is 2.22. The van der Waals surface area contributed by atoms with Gasteiger partial charge in [0.25, 0.3) is 0 Å². The normalized spacial score (nSPS) is 23.4. The van der Waals surface area contributed by atoms with E-state index in [1.165, 1.54) is 23.9 Å². The van der Waals surface area contributed by atoms with Gasteiger partial charge in [-0.15, -0.1) is 0 Å². The van der Waals surface area contributed by atoms with E-state index in [9.17, 15) is 13.2 Å². The largest absolute Gasteiger partial charge is 0.417 e. The Kier molecular flexibility index (Phi) is 4.54. The molecule has 7 heteroatoms. The first-order valence-corrected chi connectivity index (χ1v) is 7.39. The number of rotatable bonds is 1. The number of benzene rings is 1. The number of aliphatic imine (C=N–C) groups is 1. The van der Waals surface area contributed by atoms with Crippen LogP contribution >= 0.6 is 23.4 Å². The molecule has 1 aromatic rings. The number of anilines is 1. The van der Waals surface area contributed by atoms with Crippen molar-refractivity contribution in [3.8, 4) is 0 Å². The van der Waals surface area contributed by atoms with E-state index < -0.39 is 11.7 Å². The Bertz CT molecular complexity index is 531. The van der Waals surface area contributed by atoms with Gasteiger partial charge in [0.05, 0.1) is 16.6 Å². The van der Waals surface area contributed by atoms with Crippen LogP contribution in [0.5, 0.6) is 0 Å². The fraction of sp³-hybridized carbons (Fsp3) is 0.462. The van der Waals surface area contributed by atoms with Crippen molar-refractivity contribution in [2.45, 2.75) is 37.7 Å². The number of hydrogen-bond donors (Lipinski definition) is 1. The van der Waals surface area contributed by atoms with E-state index in [0.29, 0.717) is 16.1 Å². The molecule has 0 spiro atoms. The molecule has 1 aliphatic rings. The minimum atomic E-state index is -4.46. The van der Waals surface area contributed by atoms with Gasteiger partial charge in [0.2, 0.25) is 0 Å². The Hall–Kier alpha value is -0.880. The van der Waals surface area contributed by atoms with E-state index in [0.717, 1.165) is 12.5 Å². The van der Waals surface area contributed by atoms with Crippen LogP contribution in [0.15, 0.2) is 23.2 Å². The van der Waals surface area contributed by atoms with Crippen molar-refractivity contribution < 1.29 is 13.2 Å². The molecule has 1 aromatic carbocycles. The quantitative estimate of drug-likeness (QED) is 0.783. The summed E-state index contributed by atoms with van der Waals surface area (Å²) in [5.74, 6) is 0. The molecule has 2 atom stereocenters. The lowest BCUT2D eigenvalue weighted by Gasteiger charge is -2.23. The first kappa shape index (κ1) is 15.5. The van der Waals surface area contributed by atoms with Gasteiger partial charge in [-0.25, -0.2) is 0 Å². The second-order valence-corrected chi connectivity index (χ2v) is 6.60. The van der Waals surface area contributed by atoms with Crippen LogP contribution in [0.3, 0.4) is 0 Å². The molecule has 1 aliphatic heterocycles. The molecule has 110 valence electrons. The monoisotopic (exact) mass is 322 g/mol. The topological polar surface area (TPSA) is 24.4 Å². The molecule has 0 amide bonds. The third-order valence-electron chi connectivity index (χ3n) is 2.85. The predicted molar refractivity (Wildman–Crippen MR) is 78.6 cm³/mol. The number of hydrogen-bond acceptors (Lipinski definition) is 3. The number of alkyl halides is 3. The van der Waals surface area contributed by atoms with Crippen LogP contribution in [0.25, 0.3) is 0 Å². The summed E-state index contributed by atoms with van der Waals surface area (Å²) >= 11 is 7.11. The first-order chi connectivity index (χ1) is 9.25. The zero-order valence-corrected chi connectivity index (χ0v) is 12.5. The molecule has 0 aliphatic carbocycles. The van der Waals surface area contributed by atoms with Crippen LogP contribution in [0.1, 0.15) is 25.8 Å². The molecule has 1 heterocycles. The maximum atomic E-state index is 12.8. The number of halogens is 4. The zero-order chi connectivity index (χ0) is 14.9. The Morgan fingerprint density at radius 2 is 2.05 bits per heavy atom. The van der Waals surface area contributed by atoms with E-state index >= 15 is 0 Å². The molecule has 0 saturated carbocycles. The maximum absolute atomic E-state index is 12.8. The number of thioether (sulfide) groups is 1. The summed E-state index contributed by atoms with van der Waals surface area (Å²) in [6, 6.07) is 3.94. The lowest BCUT2D eigenvalue weighted by atomic mass is 10.2. The molecular formula is C13H14ClF3N2S. The van der Waals surface area contributed by atoms with Crippen LogP contribution in [0, 0.1) is 0 Å². The van der Waals surface area contributed by atoms with Crippen LogP contribution < -0.4 is 5.32 Å². The lowest BCUT2D eigenvalue weighted by Crippen LogP contribution is -2.22. The van der Waals surface area contributed by atoms with Crippen molar-refractivity contribution in [3.05, 3.63) is 28.8 Å². The highest BCUT2D eigenvalue weighted by Crippen LogP contribution is 2.36. The molecule has 2 unspecified atom stereocenters. The Morgan fingerprint density at radius 1 is 1.35 bits per heavy atom. The molecule has 2 nitrogen and oxygen atoms in total. The summed E-state index contributed by atoms with van der Waals surface area (Å²) < 4.78 is 38.4. The van der Waals surface area contributed by atoms with Crippen LogP contribution in [-0.2, 0) is 6.18 Å². The van der Waals surface area contributed by atoms with Crippen molar-refractivity contribution in [1.82, 2.24) is 0 Å². The molecule has 0 aromatic heterocycles. The number of nitrogens with zero attached hydrogens (tertiary/aromatic N) is 1. The summed E-state index contributed by atoms with van der Waals surface area (Å²) in [5.41, 5.74) is -0.499. The smallest absolute Gasteiger partial charge is 0.335 e. The molecule has 0 radical (unpaired) electrons. The molecule has 0 saturated heterocycles.